The molecule has 170 valence electrons. The molecule has 0 N–H and O–H groups in total. The van der Waals surface area contributed by atoms with Gasteiger partial charge in [-0.3, -0.25) is 9.59 Å². The lowest BCUT2D eigenvalue weighted by Crippen LogP contribution is -2.55. The zero-order valence-corrected chi connectivity index (χ0v) is 19.5. The second-order valence-electron chi connectivity index (χ2n) is 8.00. The van der Waals surface area contributed by atoms with E-state index >= 15 is 0 Å². The van der Waals surface area contributed by atoms with Gasteiger partial charge in [-0.1, -0.05) is 40.2 Å². The van der Waals surface area contributed by atoms with Crippen molar-refractivity contribution in [2.45, 2.75) is 30.6 Å². The van der Waals surface area contributed by atoms with Gasteiger partial charge in [-0.2, -0.15) is 0 Å². The Morgan fingerprint density at radius 1 is 0.970 bits per heavy atom. The summed E-state index contributed by atoms with van der Waals surface area (Å²) in [5, 5.41) is 0. The number of amides is 1. The number of esters is 1. The highest BCUT2D eigenvalue weighted by atomic mass is 79.9. The Morgan fingerprint density at radius 3 is 2.12 bits per heavy atom. The van der Waals surface area contributed by atoms with E-state index in [2.05, 4.69) is 15.9 Å². The van der Waals surface area contributed by atoms with Gasteiger partial charge in [0.25, 0.3) is 0 Å². The lowest BCUT2D eigenvalue weighted by molar-refractivity contribution is -0.132. The number of ether oxygens (including phenoxy) is 1. The topological polar surface area (TPSA) is 46.6 Å². The zero-order valence-electron chi connectivity index (χ0n) is 17.9. The number of halogens is 3. The number of carbonyl (C=O) groups excluding carboxylic acids is 2. The molecule has 7 heteroatoms. The molecule has 3 aromatic carbocycles. The number of anilines is 1. The highest BCUT2D eigenvalue weighted by Gasteiger charge is 2.48. The molecular formula is C26H22BrF2NO3. The van der Waals surface area contributed by atoms with Crippen LogP contribution in [-0.4, -0.2) is 11.9 Å². The van der Waals surface area contributed by atoms with E-state index in [4.69, 9.17) is 4.74 Å². The normalized spacial score (nSPS) is 18.5. The summed E-state index contributed by atoms with van der Waals surface area (Å²) in [7, 11) is 0. The predicted octanol–water partition coefficient (Wildman–Crippen LogP) is 6.51. The van der Waals surface area contributed by atoms with Gasteiger partial charge >= 0.3 is 5.97 Å². The Kier molecular flexibility index (Phi) is 6.88. The molecular weight excluding hydrogens is 492 g/mol. The zero-order chi connectivity index (χ0) is 23.5. The molecule has 4 nitrogen and oxygen atoms in total. The second-order valence-corrected chi connectivity index (χ2v) is 9.10. The summed E-state index contributed by atoms with van der Waals surface area (Å²) in [4.78, 5) is 26.0. The third kappa shape index (κ3) is 5.14. The first-order valence-electron chi connectivity index (χ1n) is 10.6. The molecule has 1 saturated heterocycles. The minimum absolute atomic E-state index is 0.0160. The second kappa shape index (κ2) is 9.83. The van der Waals surface area contributed by atoms with Crippen LogP contribution in [0.2, 0.25) is 0 Å². The Labute approximate surface area is 199 Å². The van der Waals surface area contributed by atoms with Crippen molar-refractivity contribution in [3.05, 3.63) is 95.6 Å². The maximum Gasteiger partial charge on any atom is 0.308 e. The molecule has 0 aliphatic carbocycles. The summed E-state index contributed by atoms with van der Waals surface area (Å²) < 4.78 is 31.8. The third-order valence-electron chi connectivity index (χ3n) is 5.76. The highest BCUT2D eigenvalue weighted by molar-refractivity contribution is 9.09. The summed E-state index contributed by atoms with van der Waals surface area (Å²) >= 11 is 3.65. The van der Waals surface area contributed by atoms with Crippen LogP contribution in [0.4, 0.5) is 14.5 Å². The Morgan fingerprint density at radius 2 is 1.55 bits per heavy atom. The minimum Gasteiger partial charge on any atom is -0.427 e. The third-order valence-corrected chi connectivity index (χ3v) is 6.75. The van der Waals surface area contributed by atoms with Gasteiger partial charge in [0, 0.05) is 17.4 Å². The molecule has 0 aromatic heterocycles. The van der Waals surface area contributed by atoms with Crippen LogP contribution in [0.3, 0.4) is 0 Å². The maximum atomic E-state index is 13.4. The Hall–Kier alpha value is -3.06. The quantitative estimate of drug-likeness (QED) is 0.156. The van der Waals surface area contributed by atoms with E-state index in [1.165, 1.54) is 31.2 Å². The van der Waals surface area contributed by atoms with Crippen LogP contribution in [0.1, 0.15) is 41.8 Å². The summed E-state index contributed by atoms with van der Waals surface area (Å²) in [6, 6.07) is 19.0. The van der Waals surface area contributed by atoms with Gasteiger partial charge in [-0.25, -0.2) is 8.78 Å². The molecule has 0 spiro atoms. The largest absolute Gasteiger partial charge is 0.427 e. The summed E-state index contributed by atoms with van der Waals surface area (Å²) in [6.45, 7) is 1.34. The van der Waals surface area contributed by atoms with Gasteiger partial charge in [-0.15, -0.1) is 0 Å². The van der Waals surface area contributed by atoms with Gasteiger partial charge in [-0.05, 0) is 72.5 Å². The van der Waals surface area contributed by atoms with Crippen molar-refractivity contribution in [3.63, 3.8) is 0 Å². The number of hydrogen-bond acceptors (Lipinski definition) is 3. The van der Waals surface area contributed by atoms with Crippen LogP contribution < -0.4 is 9.64 Å². The van der Waals surface area contributed by atoms with Crippen LogP contribution in [0.15, 0.2) is 72.8 Å². The van der Waals surface area contributed by atoms with Crippen molar-refractivity contribution in [3.8, 4) is 5.75 Å². The molecule has 1 unspecified atom stereocenters. The smallest absolute Gasteiger partial charge is 0.308 e. The van der Waals surface area contributed by atoms with E-state index in [0.717, 1.165) is 11.1 Å². The highest BCUT2D eigenvalue weighted by Crippen LogP contribution is 2.47. The van der Waals surface area contributed by atoms with Crippen molar-refractivity contribution < 1.29 is 23.1 Å². The van der Waals surface area contributed by atoms with Crippen molar-refractivity contribution in [1.29, 1.82) is 0 Å². The number of hydrogen-bond donors (Lipinski definition) is 0. The number of benzene rings is 3. The molecule has 1 heterocycles. The Balaban J connectivity index is 1.55. The number of β-lactam (4-membered cyclic amide) rings is 1. The number of rotatable bonds is 7. The molecule has 0 bridgehead atoms. The van der Waals surface area contributed by atoms with Crippen molar-refractivity contribution in [1.82, 2.24) is 0 Å². The summed E-state index contributed by atoms with van der Waals surface area (Å²) in [5.74, 6) is -0.938. The fourth-order valence-electron chi connectivity index (χ4n) is 4.16. The van der Waals surface area contributed by atoms with Crippen LogP contribution in [0.25, 0.3) is 0 Å². The summed E-state index contributed by atoms with van der Waals surface area (Å²) in [6.07, 6.45) is 1.29. The van der Waals surface area contributed by atoms with E-state index in [0.29, 0.717) is 24.3 Å². The van der Waals surface area contributed by atoms with E-state index in [9.17, 15) is 18.4 Å². The van der Waals surface area contributed by atoms with Crippen molar-refractivity contribution in [2.75, 3.05) is 4.90 Å². The molecule has 3 atom stereocenters. The van der Waals surface area contributed by atoms with Crippen molar-refractivity contribution >= 4 is 33.5 Å². The fourth-order valence-corrected chi connectivity index (χ4v) is 4.73. The molecule has 0 radical (unpaired) electrons. The first kappa shape index (κ1) is 23.1. The number of nitrogens with zero attached hydrogens (tertiary/aromatic N) is 1. The molecule has 1 fully saturated rings. The molecule has 1 aliphatic rings. The maximum absolute atomic E-state index is 13.4. The average Bonchev–Trinajstić information content (AvgIpc) is 2.79. The number of alkyl halides is 1. The van der Waals surface area contributed by atoms with Crippen LogP contribution in [-0.2, 0) is 9.59 Å². The average molecular weight is 514 g/mol. The minimum atomic E-state index is -0.406. The summed E-state index contributed by atoms with van der Waals surface area (Å²) in [5.41, 5.74) is 2.47. The van der Waals surface area contributed by atoms with E-state index < -0.39 is 5.97 Å². The molecule has 1 aliphatic heterocycles. The van der Waals surface area contributed by atoms with Crippen LogP contribution in [0.5, 0.6) is 5.75 Å². The SMILES string of the molecule is CC(=O)Oc1ccc([C@@H]2[C@@H](CCC(Br)c3ccc(F)cc3)C(=O)N2c2ccc(F)cc2)cc1. The number of carbonyl (C=O) groups is 2. The molecule has 0 saturated carbocycles. The first-order chi connectivity index (χ1) is 15.8. The van der Waals surface area contributed by atoms with Gasteiger partial charge in [0.15, 0.2) is 0 Å². The molecule has 4 rings (SSSR count). The Bertz CT molecular complexity index is 1130. The van der Waals surface area contributed by atoms with E-state index in [1.54, 1.807) is 41.3 Å². The first-order valence-corrected chi connectivity index (χ1v) is 11.5. The van der Waals surface area contributed by atoms with Crippen LogP contribution in [0, 0.1) is 17.6 Å². The lowest BCUT2D eigenvalue weighted by Gasteiger charge is -2.48. The standard InChI is InChI=1S/C26H22BrF2NO3/c1-16(31)33-22-12-4-18(5-13-22)25-23(14-15-24(27)17-2-6-19(28)7-3-17)26(32)30(25)21-10-8-20(29)9-11-21/h2-13,23-25H,14-15H2,1H3/t23-,24?,25-/m1/s1. The van der Waals surface area contributed by atoms with E-state index in [1.807, 2.05) is 12.1 Å². The lowest BCUT2D eigenvalue weighted by atomic mass is 9.78. The molecule has 3 aromatic rings. The van der Waals surface area contributed by atoms with E-state index in [-0.39, 0.29) is 34.3 Å². The van der Waals surface area contributed by atoms with Gasteiger partial charge in [0.2, 0.25) is 5.91 Å². The van der Waals surface area contributed by atoms with Crippen molar-refractivity contribution in [2.24, 2.45) is 5.92 Å². The predicted molar refractivity (Wildman–Crippen MR) is 125 cm³/mol. The van der Waals surface area contributed by atoms with Gasteiger partial charge in [0.05, 0.1) is 12.0 Å². The van der Waals surface area contributed by atoms with Gasteiger partial charge in [0.1, 0.15) is 17.4 Å². The van der Waals surface area contributed by atoms with Crippen LogP contribution >= 0.6 is 15.9 Å². The molecule has 1 amide bonds. The molecule has 33 heavy (non-hydrogen) atoms. The van der Waals surface area contributed by atoms with Gasteiger partial charge < -0.3 is 9.64 Å². The monoisotopic (exact) mass is 513 g/mol. The fraction of sp³-hybridized carbons (Fsp3) is 0.231.